The van der Waals surface area contributed by atoms with Crippen LogP contribution in [0.5, 0.6) is 0 Å². The van der Waals surface area contributed by atoms with Gasteiger partial charge in [-0.25, -0.2) is 0 Å². The summed E-state index contributed by atoms with van der Waals surface area (Å²) >= 11 is 0. The van der Waals surface area contributed by atoms with Gasteiger partial charge in [-0.1, -0.05) is 0 Å². The first-order valence-corrected chi connectivity index (χ1v) is 7.29. The molecular weight excluding hydrogens is 256 g/mol. The molecule has 0 amide bonds. The number of aromatic nitrogens is 2. The number of hydrogen-bond acceptors (Lipinski definition) is 6. The molecule has 0 aromatic carbocycles. The highest BCUT2D eigenvalue weighted by atomic mass is 16.5. The molecule has 20 heavy (non-hydrogen) atoms. The van der Waals surface area contributed by atoms with Gasteiger partial charge in [0.15, 0.2) is 0 Å². The average molecular weight is 278 g/mol. The Hall–Kier alpha value is -1.56. The van der Waals surface area contributed by atoms with Gasteiger partial charge in [0.2, 0.25) is 5.89 Å². The zero-order chi connectivity index (χ0) is 13.9. The lowest BCUT2D eigenvalue weighted by atomic mass is 10.1. The molecule has 1 aromatic heterocycles. The molecule has 3 rings (SSSR count). The first-order valence-electron chi connectivity index (χ1n) is 7.29. The Morgan fingerprint density at radius 2 is 2.30 bits per heavy atom. The van der Waals surface area contributed by atoms with Crippen LogP contribution in [0.3, 0.4) is 0 Å². The third kappa shape index (κ3) is 2.80. The van der Waals surface area contributed by atoms with Crippen LogP contribution in [-0.4, -0.2) is 48.3 Å². The second-order valence-corrected chi connectivity index (χ2v) is 5.69. The fraction of sp³-hybridized carbons (Fsp3) is 0.714. The predicted molar refractivity (Wildman–Crippen MR) is 75.4 cm³/mol. The molecule has 2 aliphatic heterocycles. The predicted octanol–water partition coefficient (Wildman–Crippen LogP) is 1.97. The molecule has 1 aromatic rings. The molecule has 1 fully saturated rings. The van der Waals surface area contributed by atoms with Gasteiger partial charge < -0.3 is 14.2 Å². The van der Waals surface area contributed by atoms with Crippen molar-refractivity contribution in [3.8, 4) is 0 Å². The summed E-state index contributed by atoms with van der Waals surface area (Å²) in [7, 11) is 3.84. The van der Waals surface area contributed by atoms with Crippen LogP contribution in [0.4, 0.5) is 5.95 Å². The highest BCUT2D eigenvalue weighted by Gasteiger charge is 2.32. The van der Waals surface area contributed by atoms with Gasteiger partial charge in [0.25, 0.3) is 5.95 Å². The highest BCUT2D eigenvalue weighted by Crippen LogP contribution is 2.32. The molecule has 3 heterocycles. The standard InChI is InChI=1S/C14H22N4O2/c1-17(2)14-15-13(20-16-14)12-7-5-8-18(12)10-11-6-3-4-9-19-11/h4,9,11-12H,3,5-8,10H2,1-2H3/t11-,12+/m1/s1. The van der Waals surface area contributed by atoms with Gasteiger partial charge >= 0.3 is 0 Å². The number of anilines is 1. The minimum absolute atomic E-state index is 0.241. The van der Waals surface area contributed by atoms with E-state index in [9.17, 15) is 0 Å². The number of hydrogen-bond donors (Lipinski definition) is 0. The van der Waals surface area contributed by atoms with Gasteiger partial charge in [-0.3, -0.25) is 4.90 Å². The zero-order valence-corrected chi connectivity index (χ0v) is 12.2. The van der Waals surface area contributed by atoms with Crippen LogP contribution in [0.15, 0.2) is 16.9 Å². The van der Waals surface area contributed by atoms with E-state index in [0.29, 0.717) is 5.95 Å². The lowest BCUT2D eigenvalue weighted by Crippen LogP contribution is -2.33. The first-order chi connectivity index (χ1) is 9.74. The van der Waals surface area contributed by atoms with Crippen molar-refractivity contribution in [2.45, 2.75) is 37.8 Å². The molecule has 0 N–H and O–H groups in total. The smallest absolute Gasteiger partial charge is 0.265 e. The van der Waals surface area contributed by atoms with Crippen LogP contribution in [0.25, 0.3) is 0 Å². The minimum atomic E-state index is 0.241. The van der Waals surface area contributed by atoms with Gasteiger partial charge in [-0.2, -0.15) is 4.98 Å². The second-order valence-electron chi connectivity index (χ2n) is 5.69. The van der Waals surface area contributed by atoms with E-state index in [1.165, 1.54) is 6.42 Å². The van der Waals surface area contributed by atoms with Crippen molar-refractivity contribution >= 4 is 5.95 Å². The average Bonchev–Trinajstić information content (AvgIpc) is 3.08. The molecule has 0 aliphatic carbocycles. The summed E-state index contributed by atoms with van der Waals surface area (Å²) in [5, 5.41) is 4.01. The molecule has 0 saturated carbocycles. The van der Waals surface area contributed by atoms with Crippen LogP contribution < -0.4 is 4.90 Å². The normalized spacial score (nSPS) is 26.7. The monoisotopic (exact) mass is 278 g/mol. The molecule has 0 radical (unpaired) electrons. The Labute approximate surface area is 119 Å². The number of ether oxygens (including phenoxy) is 1. The largest absolute Gasteiger partial charge is 0.497 e. The maximum atomic E-state index is 5.67. The maximum Gasteiger partial charge on any atom is 0.265 e. The summed E-state index contributed by atoms with van der Waals surface area (Å²) in [5.74, 6) is 1.38. The lowest BCUT2D eigenvalue weighted by Gasteiger charge is -2.27. The van der Waals surface area contributed by atoms with E-state index >= 15 is 0 Å². The molecule has 6 heteroatoms. The third-order valence-corrected chi connectivity index (χ3v) is 3.94. The Balaban J connectivity index is 1.66. The van der Waals surface area contributed by atoms with Crippen molar-refractivity contribution in [2.75, 3.05) is 32.1 Å². The molecule has 1 saturated heterocycles. The van der Waals surface area contributed by atoms with E-state index in [-0.39, 0.29) is 12.1 Å². The number of likely N-dealkylation sites (tertiary alicyclic amines) is 1. The number of nitrogens with zero attached hydrogens (tertiary/aromatic N) is 4. The molecule has 6 nitrogen and oxygen atoms in total. The Morgan fingerprint density at radius 1 is 1.40 bits per heavy atom. The molecule has 0 spiro atoms. The molecule has 0 bridgehead atoms. The van der Waals surface area contributed by atoms with Gasteiger partial charge in [0.05, 0.1) is 12.3 Å². The van der Waals surface area contributed by atoms with Crippen molar-refractivity contribution < 1.29 is 9.26 Å². The Morgan fingerprint density at radius 3 is 3.00 bits per heavy atom. The summed E-state index contributed by atoms with van der Waals surface area (Å²) in [4.78, 5) is 8.76. The van der Waals surface area contributed by atoms with Crippen LogP contribution in [0.2, 0.25) is 0 Å². The summed E-state index contributed by atoms with van der Waals surface area (Å²) in [5.41, 5.74) is 0. The topological polar surface area (TPSA) is 54.6 Å². The van der Waals surface area contributed by atoms with Crippen molar-refractivity contribution in [2.24, 2.45) is 0 Å². The number of rotatable bonds is 4. The van der Waals surface area contributed by atoms with Crippen LogP contribution in [0.1, 0.15) is 37.6 Å². The first kappa shape index (κ1) is 13.4. The van der Waals surface area contributed by atoms with E-state index in [2.05, 4.69) is 21.1 Å². The van der Waals surface area contributed by atoms with E-state index in [4.69, 9.17) is 9.26 Å². The Bertz CT molecular complexity index is 471. The summed E-state index contributed by atoms with van der Waals surface area (Å²) in [6.45, 7) is 2.02. The summed E-state index contributed by atoms with van der Waals surface area (Å²) in [6, 6.07) is 0.241. The lowest BCUT2D eigenvalue weighted by molar-refractivity contribution is 0.0681. The molecule has 2 aliphatic rings. The van der Waals surface area contributed by atoms with E-state index in [0.717, 1.165) is 38.2 Å². The van der Waals surface area contributed by atoms with Crippen molar-refractivity contribution in [3.05, 3.63) is 18.2 Å². The van der Waals surface area contributed by atoms with Gasteiger partial charge in [-0.15, -0.1) is 0 Å². The van der Waals surface area contributed by atoms with Crippen LogP contribution in [-0.2, 0) is 4.74 Å². The Kier molecular flexibility index (Phi) is 3.91. The molecule has 110 valence electrons. The van der Waals surface area contributed by atoms with Crippen molar-refractivity contribution in [1.29, 1.82) is 0 Å². The third-order valence-electron chi connectivity index (χ3n) is 3.94. The van der Waals surface area contributed by atoms with E-state index in [1.807, 2.05) is 25.3 Å². The summed E-state index contributed by atoms with van der Waals surface area (Å²) < 4.78 is 11.1. The maximum absolute atomic E-state index is 5.67. The fourth-order valence-corrected chi connectivity index (χ4v) is 2.85. The van der Waals surface area contributed by atoms with E-state index < -0.39 is 0 Å². The summed E-state index contributed by atoms with van der Waals surface area (Å²) in [6.07, 6.45) is 8.65. The minimum Gasteiger partial charge on any atom is -0.497 e. The zero-order valence-electron chi connectivity index (χ0n) is 12.2. The van der Waals surface area contributed by atoms with Crippen LogP contribution in [0, 0.1) is 0 Å². The van der Waals surface area contributed by atoms with Crippen molar-refractivity contribution in [1.82, 2.24) is 15.0 Å². The van der Waals surface area contributed by atoms with Gasteiger partial charge in [0.1, 0.15) is 6.10 Å². The van der Waals surface area contributed by atoms with Crippen LogP contribution >= 0.6 is 0 Å². The fourth-order valence-electron chi connectivity index (χ4n) is 2.85. The second kappa shape index (κ2) is 5.83. The van der Waals surface area contributed by atoms with Crippen molar-refractivity contribution in [3.63, 3.8) is 0 Å². The molecular formula is C14H22N4O2. The van der Waals surface area contributed by atoms with Gasteiger partial charge in [0, 0.05) is 20.6 Å². The van der Waals surface area contributed by atoms with Gasteiger partial charge in [-0.05, 0) is 43.5 Å². The quantitative estimate of drug-likeness (QED) is 0.839. The molecule has 0 unspecified atom stereocenters. The molecule has 2 atom stereocenters. The highest BCUT2D eigenvalue weighted by molar-refractivity contribution is 5.24. The number of allylic oxidation sites excluding steroid dienone is 1. The van der Waals surface area contributed by atoms with E-state index in [1.54, 1.807) is 0 Å². The SMILES string of the molecule is CN(C)c1noc([C@@H]2CCCN2C[C@H]2CCC=CO2)n1.